The smallest absolute Gasteiger partial charge is 0.256 e. The second-order valence-electron chi connectivity index (χ2n) is 4.99. The number of β-amino-alcohol motifs (C(OH)–C–C–N with tert-alkyl or cyclic N) is 1. The summed E-state index contributed by atoms with van der Waals surface area (Å²) in [6, 6.07) is 1.59. The summed E-state index contributed by atoms with van der Waals surface area (Å²) in [5.41, 5.74) is 4.48. The van der Waals surface area contributed by atoms with E-state index >= 15 is 0 Å². The fourth-order valence-corrected chi connectivity index (χ4v) is 2.35. The van der Waals surface area contributed by atoms with Gasteiger partial charge in [0.25, 0.3) is 5.91 Å². The van der Waals surface area contributed by atoms with Crippen LogP contribution >= 0.6 is 0 Å². The zero-order valence-electron chi connectivity index (χ0n) is 10.6. The van der Waals surface area contributed by atoms with Gasteiger partial charge in [0.05, 0.1) is 24.3 Å². The Labute approximate surface area is 109 Å². The molecule has 19 heavy (non-hydrogen) atoms. The number of carbonyl (C=O) groups excluding carboxylic acids is 1. The number of halogens is 2. The molecule has 1 aromatic rings. The second kappa shape index (κ2) is 4.77. The van der Waals surface area contributed by atoms with Gasteiger partial charge in [-0.25, -0.2) is 8.78 Å². The van der Waals surface area contributed by atoms with Gasteiger partial charge in [0.1, 0.15) is 0 Å². The lowest BCUT2D eigenvalue weighted by Gasteiger charge is -2.46. The normalized spacial score (nSPS) is 17.2. The minimum absolute atomic E-state index is 0.0718. The summed E-state index contributed by atoms with van der Waals surface area (Å²) >= 11 is 0. The monoisotopic (exact) mass is 270 g/mol. The lowest BCUT2D eigenvalue weighted by Crippen LogP contribution is -2.63. The molecule has 6 heteroatoms. The Morgan fingerprint density at radius 3 is 2.58 bits per heavy atom. The van der Waals surface area contributed by atoms with Crippen molar-refractivity contribution in [3.05, 3.63) is 29.3 Å². The third-order valence-electron chi connectivity index (χ3n) is 3.30. The predicted molar refractivity (Wildman–Crippen MR) is 66.5 cm³/mol. The first kappa shape index (κ1) is 13.7. The summed E-state index contributed by atoms with van der Waals surface area (Å²) in [5, 5.41) is 9.99. The van der Waals surface area contributed by atoms with Crippen LogP contribution in [-0.4, -0.2) is 34.6 Å². The molecule has 0 bridgehead atoms. The van der Waals surface area contributed by atoms with Gasteiger partial charge < -0.3 is 15.7 Å². The van der Waals surface area contributed by atoms with Crippen molar-refractivity contribution in [3.8, 4) is 0 Å². The number of benzene rings is 1. The molecule has 1 heterocycles. The molecule has 1 amide bonds. The highest BCUT2D eigenvalue weighted by Crippen LogP contribution is 2.29. The quantitative estimate of drug-likeness (QED) is 0.819. The van der Waals surface area contributed by atoms with Crippen molar-refractivity contribution in [2.45, 2.75) is 25.4 Å². The maximum absolute atomic E-state index is 13.1. The molecular weight excluding hydrogens is 254 g/mol. The van der Waals surface area contributed by atoms with Crippen molar-refractivity contribution in [1.29, 1.82) is 0 Å². The summed E-state index contributed by atoms with van der Waals surface area (Å²) in [6.45, 7) is 2.33. The molecule has 0 spiro atoms. The molecule has 0 radical (unpaired) electrons. The molecule has 4 nitrogen and oxygen atoms in total. The van der Waals surface area contributed by atoms with Crippen LogP contribution in [0, 0.1) is 11.6 Å². The van der Waals surface area contributed by atoms with Crippen LogP contribution in [0.5, 0.6) is 0 Å². The van der Waals surface area contributed by atoms with Crippen LogP contribution in [0.25, 0.3) is 0 Å². The SMILES string of the molecule is CCCC1(O)CN(C(=O)c2cc(F)c(F)cc2N)C1. The van der Waals surface area contributed by atoms with Gasteiger partial charge in [0.2, 0.25) is 0 Å². The molecule has 1 saturated heterocycles. The summed E-state index contributed by atoms with van der Waals surface area (Å²) in [4.78, 5) is 13.4. The molecule has 0 aliphatic carbocycles. The number of nitrogen functional groups attached to an aromatic ring is 1. The Morgan fingerprint density at radius 2 is 2.00 bits per heavy atom. The van der Waals surface area contributed by atoms with E-state index in [4.69, 9.17) is 5.73 Å². The second-order valence-corrected chi connectivity index (χ2v) is 4.99. The zero-order chi connectivity index (χ0) is 14.2. The van der Waals surface area contributed by atoms with Gasteiger partial charge in [-0.1, -0.05) is 13.3 Å². The Morgan fingerprint density at radius 1 is 1.42 bits per heavy atom. The van der Waals surface area contributed by atoms with E-state index < -0.39 is 23.1 Å². The van der Waals surface area contributed by atoms with Crippen LogP contribution in [0.2, 0.25) is 0 Å². The number of nitrogens with two attached hydrogens (primary N) is 1. The van der Waals surface area contributed by atoms with Crippen LogP contribution in [0.4, 0.5) is 14.5 Å². The zero-order valence-corrected chi connectivity index (χ0v) is 10.6. The van der Waals surface area contributed by atoms with Crippen LogP contribution in [0.1, 0.15) is 30.1 Å². The fraction of sp³-hybridized carbons (Fsp3) is 0.462. The van der Waals surface area contributed by atoms with Gasteiger partial charge in [-0.05, 0) is 12.5 Å². The first-order valence-corrected chi connectivity index (χ1v) is 6.12. The van der Waals surface area contributed by atoms with E-state index in [2.05, 4.69) is 0 Å². The van der Waals surface area contributed by atoms with Crippen LogP contribution in [0.3, 0.4) is 0 Å². The molecular formula is C13H16F2N2O2. The molecule has 0 aromatic heterocycles. The lowest BCUT2D eigenvalue weighted by molar-refractivity contribution is -0.0859. The van der Waals surface area contributed by atoms with E-state index in [1.54, 1.807) is 0 Å². The van der Waals surface area contributed by atoms with Crippen molar-refractivity contribution in [1.82, 2.24) is 4.90 Å². The van der Waals surface area contributed by atoms with E-state index in [1.165, 1.54) is 4.90 Å². The van der Waals surface area contributed by atoms with Gasteiger partial charge in [0, 0.05) is 11.8 Å². The number of rotatable bonds is 3. The molecule has 1 aliphatic rings. The van der Waals surface area contributed by atoms with Crippen molar-refractivity contribution in [2.24, 2.45) is 0 Å². The van der Waals surface area contributed by atoms with Crippen molar-refractivity contribution < 1.29 is 18.7 Å². The van der Waals surface area contributed by atoms with Gasteiger partial charge in [0.15, 0.2) is 11.6 Å². The lowest BCUT2D eigenvalue weighted by atomic mass is 9.88. The molecule has 2 rings (SSSR count). The summed E-state index contributed by atoms with van der Waals surface area (Å²) in [7, 11) is 0. The van der Waals surface area contributed by atoms with E-state index in [-0.39, 0.29) is 24.3 Å². The van der Waals surface area contributed by atoms with Crippen LogP contribution in [0.15, 0.2) is 12.1 Å². The number of hydrogen-bond donors (Lipinski definition) is 2. The first-order chi connectivity index (χ1) is 8.86. The van der Waals surface area contributed by atoms with Crippen LogP contribution < -0.4 is 5.73 Å². The third-order valence-corrected chi connectivity index (χ3v) is 3.30. The highest BCUT2D eigenvalue weighted by Gasteiger charge is 2.43. The number of nitrogens with zero attached hydrogens (tertiary/aromatic N) is 1. The molecule has 0 unspecified atom stereocenters. The number of hydrogen-bond acceptors (Lipinski definition) is 3. The number of anilines is 1. The van der Waals surface area contributed by atoms with E-state index in [0.717, 1.165) is 18.6 Å². The Hall–Kier alpha value is -1.69. The average molecular weight is 270 g/mol. The van der Waals surface area contributed by atoms with E-state index in [9.17, 15) is 18.7 Å². The van der Waals surface area contributed by atoms with E-state index in [1.807, 2.05) is 6.92 Å². The first-order valence-electron chi connectivity index (χ1n) is 6.12. The summed E-state index contributed by atoms with van der Waals surface area (Å²) < 4.78 is 26.1. The van der Waals surface area contributed by atoms with Crippen molar-refractivity contribution in [3.63, 3.8) is 0 Å². The highest BCUT2D eigenvalue weighted by atomic mass is 19.2. The molecule has 1 aliphatic heterocycles. The largest absolute Gasteiger partial charge is 0.398 e. The highest BCUT2D eigenvalue weighted by molar-refractivity contribution is 5.99. The Balaban J connectivity index is 2.12. The summed E-state index contributed by atoms with van der Waals surface area (Å²) in [5.74, 6) is -2.68. The van der Waals surface area contributed by atoms with Crippen LogP contribution in [-0.2, 0) is 0 Å². The standard InChI is InChI=1S/C13H16F2N2O2/c1-2-3-13(19)6-17(7-13)12(18)8-4-9(14)10(15)5-11(8)16/h4-5,19H,2-3,6-7,16H2,1H3. The van der Waals surface area contributed by atoms with Crippen molar-refractivity contribution >= 4 is 11.6 Å². The molecule has 1 aromatic carbocycles. The topological polar surface area (TPSA) is 66.6 Å². The molecule has 1 fully saturated rings. The minimum Gasteiger partial charge on any atom is -0.398 e. The van der Waals surface area contributed by atoms with Gasteiger partial charge in [-0.3, -0.25) is 4.79 Å². The Bertz CT molecular complexity index is 514. The average Bonchev–Trinajstić information content (AvgIpc) is 2.30. The fourth-order valence-electron chi connectivity index (χ4n) is 2.35. The maximum Gasteiger partial charge on any atom is 0.256 e. The van der Waals surface area contributed by atoms with Gasteiger partial charge in [-0.2, -0.15) is 0 Å². The van der Waals surface area contributed by atoms with Gasteiger partial charge in [-0.15, -0.1) is 0 Å². The van der Waals surface area contributed by atoms with E-state index in [0.29, 0.717) is 6.42 Å². The number of amides is 1. The molecule has 0 atom stereocenters. The molecule has 0 saturated carbocycles. The van der Waals surface area contributed by atoms with Gasteiger partial charge >= 0.3 is 0 Å². The number of carbonyl (C=O) groups is 1. The maximum atomic E-state index is 13.1. The predicted octanol–water partition coefficient (Wildman–Crippen LogP) is 1.53. The van der Waals surface area contributed by atoms with Crippen molar-refractivity contribution in [2.75, 3.05) is 18.8 Å². The number of aliphatic hydroxyl groups is 1. The Kier molecular flexibility index (Phi) is 3.45. The number of likely N-dealkylation sites (tertiary alicyclic amines) is 1. The molecule has 3 N–H and O–H groups in total. The third kappa shape index (κ3) is 2.53. The molecule has 104 valence electrons. The summed E-state index contributed by atoms with van der Waals surface area (Å²) in [6.07, 6.45) is 1.41. The minimum atomic E-state index is -1.11.